The van der Waals surface area contributed by atoms with Gasteiger partial charge in [0.25, 0.3) is 5.91 Å². The topological polar surface area (TPSA) is 60.1 Å². The Balaban J connectivity index is 1.58. The number of hydrogen-bond acceptors (Lipinski definition) is 3. The van der Waals surface area contributed by atoms with Crippen LogP contribution in [0.2, 0.25) is 0 Å². The molecule has 0 radical (unpaired) electrons. The molecule has 2 heterocycles. The van der Waals surface area contributed by atoms with Crippen molar-refractivity contribution in [3.8, 4) is 0 Å². The van der Waals surface area contributed by atoms with Crippen LogP contribution in [0.3, 0.4) is 0 Å². The van der Waals surface area contributed by atoms with Crippen molar-refractivity contribution in [1.82, 2.24) is 14.9 Å². The third-order valence-electron chi connectivity index (χ3n) is 3.76. The molecule has 0 aliphatic rings. The van der Waals surface area contributed by atoms with E-state index in [2.05, 4.69) is 20.9 Å². The Hall–Kier alpha value is -2.56. The lowest BCUT2D eigenvalue weighted by molar-refractivity contribution is 0.0924. The third kappa shape index (κ3) is 2.74. The van der Waals surface area contributed by atoms with Gasteiger partial charge in [0, 0.05) is 18.7 Å². The van der Waals surface area contributed by atoms with Crippen LogP contribution in [0, 0.1) is 13.8 Å². The second kappa shape index (κ2) is 6.05. The van der Waals surface area contributed by atoms with Crippen molar-refractivity contribution in [2.45, 2.75) is 26.8 Å². The number of aromatic nitrogens is 2. The highest BCUT2D eigenvalue weighted by atomic mass is 16.3. The van der Waals surface area contributed by atoms with Crippen molar-refractivity contribution in [1.29, 1.82) is 0 Å². The molecule has 0 bridgehead atoms. The summed E-state index contributed by atoms with van der Waals surface area (Å²) in [5.74, 6) is 1.23. The molecule has 5 nitrogen and oxygen atoms in total. The average Bonchev–Trinajstić information content (AvgIpc) is 3.07. The van der Waals surface area contributed by atoms with Gasteiger partial charge in [-0.05, 0) is 38.5 Å². The second-order valence-corrected chi connectivity index (χ2v) is 5.34. The molecule has 0 fully saturated rings. The summed E-state index contributed by atoms with van der Waals surface area (Å²) in [6.45, 7) is 5.29. The standard InChI is InChI=1S/C17H19N3O2/c1-12-8-11-22-16(12)17(21)18-9-5-10-20-13(2)19-14-6-3-4-7-15(14)20/h3-4,6-8,11H,5,9-10H2,1-2H3,(H,18,21). The molecule has 5 heteroatoms. The Labute approximate surface area is 129 Å². The molecule has 3 rings (SSSR count). The molecule has 1 aromatic carbocycles. The quantitative estimate of drug-likeness (QED) is 0.736. The Bertz CT molecular complexity index is 801. The largest absolute Gasteiger partial charge is 0.459 e. The van der Waals surface area contributed by atoms with Crippen LogP contribution in [0.1, 0.15) is 28.4 Å². The molecule has 0 aliphatic carbocycles. The molecular weight excluding hydrogens is 278 g/mol. The number of furan rings is 1. The number of benzene rings is 1. The molecule has 22 heavy (non-hydrogen) atoms. The average molecular weight is 297 g/mol. The summed E-state index contributed by atoms with van der Waals surface area (Å²) >= 11 is 0. The zero-order valence-corrected chi connectivity index (χ0v) is 12.8. The third-order valence-corrected chi connectivity index (χ3v) is 3.76. The highest BCUT2D eigenvalue weighted by Gasteiger charge is 2.12. The molecule has 2 aromatic heterocycles. The fraction of sp³-hybridized carbons (Fsp3) is 0.294. The van der Waals surface area contributed by atoms with Crippen molar-refractivity contribution in [2.75, 3.05) is 6.54 Å². The van der Waals surface area contributed by atoms with Crippen molar-refractivity contribution in [2.24, 2.45) is 0 Å². The maximum absolute atomic E-state index is 11.9. The highest BCUT2D eigenvalue weighted by molar-refractivity contribution is 5.92. The van der Waals surface area contributed by atoms with Gasteiger partial charge in [0.15, 0.2) is 5.76 Å². The number of amides is 1. The van der Waals surface area contributed by atoms with Crippen LogP contribution >= 0.6 is 0 Å². The summed E-state index contributed by atoms with van der Waals surface area (Å²) in [6.07, 6.45) is 2.37. The van der Waals surface area contributed by atoms with Crippen molar-refractivity contribution in [3.63, 3.8) is 0 Å². The van der Waals surface area contributed by atoms with E-state index in [-0.39, 0.29) is 5.91 Å². The number of fused-ring (bicyclic) bond motifs is 1. The van der Waals surface area contributed by atoms with Crippen molar-refractivity contribution < 1.29 is 9.21 Å². The molecule has 1 N–H and O–H groups in total. The van der Waals surface area contributed by atoms with Crippen molar-refractivity contribution >= 4 is 16.9 Å². The molecule has 0 unspecified atom stereocenters. The zero-order valence-electron chi connectivity index (χ0n) is 12.8. The van der Waals surface area contributed by atoms with Gasteiger partial charge in [0.2, 0.25) is 0 Å². The number of para-hydroxylation sites is 2. The Morgan fingerprint density at radius 1 is 1.27 bits per heavy atom. The maximum atomic E-state index is 11.9. The molecule has 0 aliphatic heterocycles. The van der Waals surface area contributed by atoms with Gasteiger partial charge in [-0.1, -0.05) is 12.1 Å². The van der Waals surface area contributed by atoms with Gasteiger partial charge in [0.05, 0.1) is 17.3 Å². The first kappa shape index (κ1) is 14.4. The van der Waals surface area contributed by atoms with Crippen LogP contribution in [-0.4, -0.2) is 22.0 Å². The predicted octanol–water partition coefficient (Wildman–Crippen LogP) is 3.07. The van der Waals surface area contributed by atoms with E-state index in [0.717, 1.165) is 35.4 Å². The smallest absolute Gasteiger partial charge is 0.287 e. The van der Waals surface area contributed by atoms with Gasteiger partial charge in [-0.2, -0.15) is 0 Å². The van der Waals surface area contributed by atoms with Gasteiger partial charge in [-0.15, -0.1) is 0 Å². The number of imidazole rings is 1. The van der Waals surface area contributed by atoms with Crippen LogP contribution in [0.5, 0.6) is 0 Å². The summed E-state index contributed by atoms with van der Waals surface area (Å²) in [5.41, 5.74) is 3.00. The lowest BCUT2D eigenvalue weighted by Gasteiger charge is -2.08. The lowest BCUT2D eigenvalue weighted by atomic mass is 10.2. The van der Waals surface area contributed by atoms with Crippen LogP contribution in [0.4, 0.5) is 0 Å². The molecule has 114 valence electrons. The molecule has 1 amide bonds. The van der Waals surface area contributed by atoms with Crippen LogP contribution < -0.4 is 5.32 Å². The number of nitrogens with one attached hydrogen (secondary N) is 1. The van der Waals surface area contributed by atoms with Crippen LogP contribution in [0.25, 0.3) is 11.0 Å². The minimum absolute atomic E-state index is 0.158. The first-order chi connectivity index (χ1) is 10.7. The summed E-state index contributed by atoms with van der Waals surface area (Å²) < 4.78 is 7.36. The number of hydrogen-bond donors (Lipinski definition) is 1. The van der Waals surface area contributed by atoms with Crippen LogP contribution in [-0.2, 0) is 6.54 Å². The SMILES string of the molecule is Cc1ccoc1C(=O)NCCCn1c(C)nc2ccccc21. The predicted molar refractivity (Wildman–Crippen MR) is 84.9 cm³/mol. The Morgan fingerprint density at radius 2 is 2.09 bits per heavy atom. The molecule has 0 saturated carbocycles. The Kier molecular flexibility index (Phi) is 3.96. The number of aryl methyl sites for hydroxylation is 3. The van der Waals surface area contributed by atoms with E-state index in [9.17, 15) is 4.79 Å². The molecular formula is C17H19N3O2. The van der Waals surface area contributed by atoms with Gasteiger partial charge in [-0.3, -0.25) is 4.79 Å². The maximum Gasteiger partial charge on any atom is 0.287 e. The molecule has 0 saturated heterocycles. The van der Waals surface area contributed by atoms with Crippen molar-refractivity contribution in [3.05, 3.63) is 53.7 Å². The second-order valence-electron chi connectivity index (χ2n) is 5.34. The van der Waals surface area contributed by atoms with Gasteiger partial charge < -0.3 is 14.3 Å². The number of carbonyl (C=O) groups is 1. The highest BCUT2D eigenvalue weighted by Crippen LogP contribution is 2.15. The van der Waals surface area contributed by atoms with E-state index >= 15 is 0 Å². The lowest BCUT2D eigenvalue weighted by Crippen LogP contribution is -2.25. The van der Waals surface area contributed by atoms with Gasteiger partial charge in [-0.25, -0.2) is 4.98 Å². The normalized spacial score (nSPS) is 11.0. The molecule has 3 aromatic rings. The molecule has 0 atom stereocenters. The number of nitrogens with zero attached hydrogens (tertiary/aromatic N) is 2. The number of rotatable bonds is 5. The van der Waals surface area contributed by atoms with E-state index in [1.54, 1.807) is 6.07 Å². The minimum Gasteiger partial charge on any atom is -0.459 e. The summed E-state index contributed by atoms with van der Waals surface area (Å²) in [6, 6.07) is 9.88. The summed E-state index contributed by atoms with van der Waals surface area (Å²) in [7, 11) is 0. The van der Waals surface area contributed by atoms with Crippen LogP contribution in [0.15, 0.2) is 41.0 Å². The summed E-state index contributed by atoms with van der Waals surface area (Å²) in [4.78, 5) is 16.5. The van der Waals surface area contributed by atoms with E-state index in [0.29, 0.717) is 12.3 Å². The van der Waals surface area contributed by atoms with E-state index in [4.69, 9.17) is 4.42 Å². The zero-order chi connectivity index (χ0) is 15.5. The monoisotopic (exact) mass is 297 g/mol. The Morgan fingerprint density at radius 3 is 2.86 bits per heavy atom. The minimum atomic E-state index is -0.158. The fourth-order valence-corrected chi connectivity index (χ4v) is 2.60. The van der Waals surface area contributed by atoms with E-state index in [1.807, 2.05) is 32.0 Å². The fourth-order valence-electron chi connectivity index (χ4n) is 2.60. The summed E-state index contributed by atoms with van der Waals surface area (Å²) in [5, 5.41) is 2.89. The first-order valence-electron chi connectivity index (χ1n) is 7.41. The van der Waals surface area contributed by atoms with Gasteiger partial charge in [0.1, 0.15) is 5.82 Å². The van der Waals surface area contributed by atoms with Gasteiger partial charge >= 0.3 is 0 Å². The first-order valence-corrected chi connectivity index (χ1v) is 7.41. The molecule has 0 spiro atoms. The van der Waals surface area contributed by atoms with E-state index in [1.165, 1.54) is 6.26 Å². The number of carbonyl (C=O) groups excluding carboxylic acids is 1. The van der Waals surface area contributed by atoms with E-state index < -0.39 is 0 Å².